The highest BCUT2D eigenvalue weighted by Gasteiger charge is 2.11. The summed E-state index contributed by atoms with van der Waals surface area (Å²) in [5, 5.41) is 0.0507. The molecule has 0 atom stereocenters. The van der Waals surface area contributed by atoms with Crippen LogP contribution in [-0.4, -0.2) is 4.98 Å². The minimum atomic E-state index is -0.460. The Kier molecular flexibility index (Phi) is 3.36. The van der Waals surface area contributed by atoms with Crippen molar-refractivity contribution in [3.63, 3.8) is 0 Å². The van der Waals surface area contributed by atoms with E-state index in [-0.39, 0.29) is 5.02 Å². The first-order valence-corrected chi connectivity index (χ1v) is 7.50. The molecule has 0 aliphatic carbocycles. The average Bonchev–Trinajstić information content (AvgIpc) is 3.01. The second-order valence-electron chi connectivity index (χ2n) is 5.20. The Hall–Kier alpha value is -2.65. The molecular formula is C19H11ClFNO. The van der Waals surface area contributed by atoms with Gasteiger partial charge in [-0.05, 0) is 41.5 Å². The zero-order valence-electron chi connectivity index (χ0n) is 12.0. The van der Waals surface area contributed by atoms with Crippen molar-refractivity contribution in [3.05, 3.63) is 77.6 Å². The Morgan fingerprint density at radius 1 is 0.826 bits per heavy atom. The minimum Gasteiger partial charge on any atom is -0.436 e. The maximum Gasteiger partial charge on any atom is 0.227 e. The highest BCUT2D eigenvalue weighted by Crippen LogP contribution is 2.30. The van der Waals surface area contributed by atoms with Gasteiger partial charge in [0.2, 0.25) is 5.89 Å². The molecule has 0 amide bonds. The van der Waals surface area contributed by atoms with Gasteiger partial charge in [0.05, 0.1) is 5.02 Å². The van der Waals surface area contributed by atoms with E-state index >= 15 is 0 Å². The summed E-state index contributed by atoms with van der Waals surface area (Å²) in [5.41, 5.74) is 4.26. The lowest BCUT2D eigenvalue weighted by atomic mass is 10.1. The third kappa shape index (κ3) is 2.60. The predicted molar refractivity (Wildman–Crippen MR) is 89.8 cm³/mol. The second-order valence-corrected chi connectivity index (χ2v) is 5.60. The third-order valence-corrected chi connectivity index (χ3v) is 3.95. The third-order valence-electron chi connectivity index (χ3n) is 3.66. The van der Waals surface area contributed by atoms with Gasteiger partial charge in [-0.25, -0.2) is 9.37 Å². The molecular weight excluding hydrogens is 313 g/mol. The molecule has 112 valence electrons. The largest absolute Gasteiger partial charge is 0.436 e. The standard InChI is InChI=1S/C19H11ClFNO/c20-15-10-14(6-8-16(15)21)19-22-17-11-13(7-9-18(17)23-19)12-4-2-1-3-5-12/h1-11H. The molecule has 1 aromatic heterocycles. The molecule has 0 unspecified atom stereocenters. The van der Waals surface area contributed by atoms with Crippen molar-refractivity contribution >= 4 is 22.7 Å². The Bertz CT molecular complexity index is 995. The van der Waals surface area contributed by atoms with Crippen LogP contribution in [0.15, 0.2) is 71.1 Å². The first-order chi connectivity index (χ1) is 11.2. The quantitative estimate of drug-likeness (QED) is 0.455. The predicted octanol–water partition coefficient (Wildman–Crippen LogP) is 5.95. The fourth-order valence-electron chi connectivity index (χ4n) is 2.49. The number of aromatic nitrogens is 1. The van der Waals surface area contributed by atoms with E-state index in [0.717, 1.165) is 16.6 Å². The summed E-state index contributed by atoms with van der Waals surface area (Å²) in [6, 6.07) is 20.3. The fourth-order valence-corrected chi connectivity index (χ4v) is 2.67. The highest BCUT2D eigenvalue weighted by molar-refractivity contribution is 6.31. The van der Waals surface area contributed by atoms with Crippen molar-refractivity contribution in [1.82, 2.24) is 4.98 Å². The Morgan fingerprint density at radius 2 is 1.61 bits per heavy atom. The average molecular weight is 324 g/mol. The molecule has 0 aliphatic heterocycles. The van der Waals surface area contributed by atoms with Crippen molar-refractivity contribution in [3.8, 4) is 22.6 Å². The van der Waals surface area contributed by atoms with Gasteiger partial charge in [-0.15, -0.1) is 0 Å². The fraction of sp³-hybridized carbons (Fsp3) is 0. The first-order valence-electron chi connectivity index (χ1n) is 7.12. The maximum absolute atomic E-state index is 13.3. The Labute approximate surface area is 137 Å². The Balaban J connectivity index is 1.80. The maximum atomic E-state index is 13.3. The van der Waals surface area contributed by atoms with Crippen molar-refractivity contribution in [2.24, 2.45) is 0 Å². The van der Waals surface area contributed by atoms with Gasteiger partial charge >= 0.3 is 0 Å². The molecule has 23 heavy (non-hydrogen) atoms. The van der Waals surface area contributed by atoms with E-state index in [9.17, 15) is 4.39 Å². The summed E-state index contributed by atoms with van der Waals surface area (Å²) in [6.45, 7) is 0. The van der Waals surface area contributed by atoms with E-state index < -0.39 is 5.82 Å². The van der Waals surface area contributed by atoms with Crippen LogP contribution in [0.25, 0.3) is 33.7 Å². The van der Waals surface area contributed by atoms with Crippen LogP contribution >= 0.6 is 11.6 Å². The van der Waals surface area contributed by atoms with Crippen LogP contribution in [0, 0.1) is 5.82 Å². The normalized spacial score (nSPS) is 11.0. The van der Waals surface area contributed by atoms with E-state index in [4.69, 9.17) is 16.0 Å². The molecule has 4 aromatic rings. The molecule has 3 aromatic carbocycles. The van der Waals surface area contributed by atoms with Gasteiger partial charge in [-0.1, -0.05) is 48.0 Å². The summed E-state index contributed by atoms with van der Waals surface area (Å²) in [4.78, 5) is 4.49. The molecule has 4 heteroatoms. The number of benzene rings is 3. The van der Waals surface area contributed by atoms with Crippen LogP contribution in [-0.2, 0) is 0 Å². The number of nitrogens with zero attached hydrogens (tertiary/aromatic N) is 1. The number of hydrogen-bond donors (Lipinski definition) is 0. The lowest BCUT2D eigenvalue weighted by Gasteiger charge is -1.99. The van der Waals surface area contributed by atoms with E-state index in [1.54, 1.807) is 6.07 Å². The van der Waals surface area contributed by atoms with Crippen molar-refractivity contribution in [2.45, 2.75) is 0 Å². The summed E-state index contributed by atoms with van der Waals surface area (Å²) in [5.74, 6) is -0.0370. The van der Waals surface area contributed by atoms with Crippen LogP contribution in [0.4, 0.5) is 4.39 Å². The van der Waals surface area contributed by atoms with Gasteiger partial charge in [0, 0.05) is 5.56 Å². The molecule has 0 fully saturated rings. The van der Waals surface area contributed by atoms with Crippen LogP contribution in [0.1, 0.15) is 0 Å². The topological polar surface area (TPSA) is 26.0 Å². The summed E-state index contributed by atoms with van der Waals surface area (Å²) < 4.78 is 19.0. The molecule has 0 aliphatic rings. The van der Waals surface area contributed by atoms with E-state index in [1.165, 1.54) is 12.1 Å². The van der Waals surface area contributed by atoms with E-state index in [0.29, 0.717) is 17.0 Å². The van der Waals surface area contributed by atoms with Gasteiger partial charge in [0.15, 0.2) is 5.58 Å². The number of hydrogen-bond acceptors (Lipinski definition) is 2. The van der Waals surface area contributed by atoms with Crippen LogP contribution in [0.2, 0.25) is 5.02 Å². The van der Waals surface area contributed by atoms with Gasteiger partial charge in [-0.2, -0.15) is 0 Å². The van der Waals surface area contributed by atoms with Crippen LogP contribution in [0.5, 0.6) is 0 Å². The molecule has 1 heterocycles. The highest BCUT2D eigenvalue weighted by atomic mass is 35.5. The number of halogens is 2. The van der Waals surface area contributed by atoms with Gasteiger partial charge in [0.1, 0.15) is 11.3 Å². The van der Waals surface area contributed by atoms with Crippen molar-refractivity contribution in [2.75, 3.05) is 0 Å². The molecule has 4 rings (SSSR count). The molecule has 0 saturated heterocycles. The number of oxazole rings is 1. The van der Waals surface area contributed by atoms with Gasteiger partial charge < -0.3 is 4.42 Å². The van der Waals surface area contributed by atoms with Crippen LogP contribution < -0.4 is 0 Å². The zero-order valence-corrected chi connectivity index (χ0v) is 12.7. The summed E-state index contributed by atoms with van der Waals surface area (Å²) in [7, 11) is 0. The molecule has 0 radical (unpaired) electrons. The summed E-state index contributed by atoms with van der Waals surface area (Å²) in [6.07, 6.45) is 0. The smallest absolute Gasteiger partial charge is 0.227 e. The number of fused-ring (bicyclic) bond motifs is 1. The molecule has 0 N–H and O–H groups in total. The van der Waals surface area contributed by atoms with Crippen LogP contribution in [0.3, 0.4) is 0 Å². The zero-order chi connectivity index (χ0) is 15.8. The van der Waals surface area contributed by atoms with Gasteiger partial charge in [-0.3, -0.25) is 0 Å². The second kappa shape index (κ2) is 5.52. The SMILES string of the molecule is Fc1ccc(-c2nc3cc(-c4ccccc4)ccc3o2)cc1Cl. The summed E-state index contributed by atoms with van der Waals surface area (Å²) >= 11 is 5.82. The Morgan fingerprint density at radius 3 is 2.39 bits per heavy atom. The van der Waals surface area contributed by atoms with Crippen molar-refractivity contribution in [1.29, 1.82) is 0 Å². The molecule has 0 bridgehead atoms. The monoisotopic (exact) mass is 323 g/mol. The number of rotatable bonds is 2. The molecule has 0 spiro atoms. The first kappa shape index (κ1) is 14.0. The van der Waals surface area contributed by atoms with Gasteiger partial charge in [0.25, 0.3) is 0 Å². The molecule has 0 saturated carbocycles. The molecule has 2 nitrogen and oxygen atoms in total. The lowest BCUT2D eigenvalue weighted by Crippen LogP contribution is -1.81. The van der Waals surface area contributed by atoms with Crippen molar-refractivity contribution < 1.29 is 8.81 Å². The van der Waals surface area contributed by atoms with E-state index in [1.807, 2.05) is 48.5 Å². The minimum absolute atomic E-state index is 0.0507. The van der Waals surface area contributed by atoms with E-state index in [2.05, 4.69) is 4.98 Å². The lowest BCUT2D eigenvalue weighted by molar-refractivity contribution is 0.616.